The van der Waals surface area contributed by atoms with Gasteiger partial charge in [-0.2, -0.15) is 5.10 Å². The molecule has 162 valence electrons. The van der Waals surface area contributed by atoms with Gasteiger partial charge in [0.1, 0.15) is 5.15 Å². The van der Waals surface area contributed by atoms with E-state index in [2.05, 4.69) is 29.6 Å². The molecule has 0 radical (unpaired) electrons. The number of benzene rings is 1. The molecule has 0 spiro atoms. The van der Waals surface area contributed by atoms with Crippen molar-refractivity contribution in [1.29, 1.82) is 0 Å². The summed E-state index contributed by atoms with van der Waals surface area (Å²) in [7, 11) is 0. The van der Waals surface area contributed by atoms with Crippen molar-refractivity contribution in [3.05, 3.63) is 69.9 Å². The second kappa shape index (κ2) is 9.85. The van der Waals surface area contributed by atoms with Crippen molar-refractivity contribution in [3.8, 4) is 0 Å². The van der Waals surface area contributed by atoms with Crippen molar-refractivity contribution >= 4 is 52.5 Å². The van der Waals surface area contributed by atoms with Gasteiger partial charge in [0.25, 0.3) is 5.91 Å². The van der Waals surface area contributed by atoms with E-state index in [9.17, 15) is 9.59 Å². The Bertz CT molecular complexity index is 1120. The maximum absolute atomic E-state index is 12.5. The molecule has 0 aliphatic carbocycles. The lowest BCUT2D eigenvalue weighted by Crippen LogP contribution is -2.15. The van der Waals surface area contributed by atoms with E-state index in [-0.39, 0.29) is 5.76 Å². The lowest BCUT2D eigenvalue weighted by Gasteiger charge is -2.11. The average Bonchev–Trinajstić information content (AvgIpc) is 3.32. The van der Waals surface area contributed by atoms with Gasteiger partial charge in [-0.05, 0) is 49.2 Å². The van der Waals surface area contributed by atoms with Crippen molar-refractivity contribution in [2.24, 2.45) is 5.92 Å². The van der Waals surface area contributed by atoms with E-state index in [1.807, 2.05) is 6.92 Å². The van der Waals surface area contributed by atoms with Gasteiger partial charge >= 0.3 is 0 Å². The number of rotatable bonds is 7. The topological polar surface area (TPSA) is 89.2 Å². The number of nitrogens with zero attached hydrogens (tertiary/aromatic N) is 2. The number of hydrogen-bond donors (Lipinski definition) is 2. The summed E-state index contributed by atoms with van der Waals surface area (Å²) < 4.78 is 6.81. The first-order valence-corrected chi connectivity index (χ1v) is 10.4. The van der Waals surface area contributed by atoms with Gasteiger partial charge in [-0.25, -0.2) is 0 Å². The molecule has 0 bridgehead atoms. The summed E-state index contributed by atoms with van der Waals surface area (Å²) in [5.41, 5.74) is 2.14. The normalized spacial score (nSPS) is 11.3. The maximum atomic E-state index is 12.5. The second-order valence-electron chi connectivity index (χ2n) is 7.31. The van der Waals surface area contributed by atoms with Crippen LogP contribution >= 0.6 is 23.2 Å². The molecule has 9 heteroatoms. The third-order valence-electron chi connectivity index (χ3n) is 4.28. The summed E-state index contributed by atoms with van der Waals surface area (Å²) in [6, 6.07) is 7.90. The van der Waals surface area contributed by atoms with Crippen molar-refractivity contribution in [1.82, 2.24) is 9.78 Å². The molecule has 0 saturated carbocycles. The van der Waals surface area contributed by atoms with E-state index in [4.69, 9.17) is 27.6 Å². The smallest absolute Gasteiger partial charge is 0.291 e. The molecule has 0 aliphatic rings. The predicted octanol–water partition coefficient (Wildman–Crippen LogP) is 5.65. The quantitative estimate of drug-likeness (QED) is 0.445. The fraction of sp³-hybridized carbons (Fsp3) is 0.227. The van der Waals surface area contributed by atoms with Gasteiger partial charge in [-0.15, -0.1) is 0 Å². The van der Waals surface area contributed by atoms with E-state index < -0.39 is 11.8 Å². The molecule has 7 nitrogen and oxygen atoms in total. The predicted molar refractivity (Wildman–Crippen MR) is 123 cm³/mol. The lowest BCUT2D eigenvalue weighted by molar-refractivity contribution is -0.111. The van der Waals surface area contributed by atoms with Crippen LogP contribution in [0.15, 0.2) is 47.1 Å². The Labute approximate surface area is 190 Å². The highest BCUT2D eigenvalue weighted by molar-refractivity contribution is 6.31. The largest absolute Gasteiger partial charge is 0.459 e. The van der Waals surface area contributed by atoms with Crippen molar-refractivity contribution < 1.29 is 14.0 Å². The number of furan rings is 1. The number of carbonyl (C=O) groups excluding carboxylic acids is 2. The van der Waals surface area contributed by atoms with Crippen molar-refractivity contribution in [2.75, 3.05) is 10.6 Å². The zero-order valence-electron chi connectivity index (χ0n) is 17.3. The molecule has 0 unspecified atom stereocenters. The Balaban J connectivity index is 1.75. The third-order valence-corrected chi connectivity index (χ3v) is 4.92. The number of anilines is 2. The molecular formula is C22H22Cl2N4O3. The van der Waals surface area contributed by atoms with Crippen LogP contribution in [0.1, 0.15) is 35.7 Å². The van der Waals surface area contributed by atoms with Crippen molar-refractivity contribution in [3.63, 3.8) is 0 Å². The number of amides is 2. The highest BCUT2D eigenvalue weighted by Crippen LogP contribution is 2.27. The van der Waals surface area contributed by atoms with Gasteiger partial charge in [0.15, 0.2) is 5.76 Å². The molecule has 2 N–H and O–H groups in total. The summed E-state index contributed by atoms with van der Waals surface area (Å²) >= 11 is 12.5. The number of aromatic nitrogens is 2. The highest BCUT2D eigenvalue weighted by atomic mass is 35.5. The minimum absolute atomic E-state index is 0.140. The van der Waals surface area contributed by atoms with Crippen LogP contribution < -0.4 is 10.6 Å². The molecule has 2 heterocycles. The van der Waals surface area contributed by atoms with Crippen LogP contribution in [0.4, 0.5) is 11.4 Å². The van der Waals surface area contributed by atoms with Gasteiger partial charge in [-0.3, -0.25) is 14.3 Å². The minimum atomic E-state index is -0.460. The van der Waals surface area contributed by atoms with Crippen LogP contribution in [-0.2, 0) is 11.3 Å². The van der Waals surface area contributed by atoms with Crippen LogP contribution in [0.25, 0.3) is 6.08 Å². The Morgan fingerprint density at radius 1 is 1.19 bits per heavy atom. The van der Waals surface area contributed by atoms with Gasteiger partial charge in [0.2, 0.25) is 5.91 Å². The summed E-state index contributed by atoms with van der Waals surface area (Å²) in [5, 5.41) is 10.7. The van der Waals surface area contributed by atoms with E-state index in [1.54, 1.807) is 35.0 Å². The summed E-state index contributed by atoms with van der Waals surface area (Å²) in [6.07, 6.45) is 4.38. The second-order valence-corrected chi connectivity index (χ2v) is 8.10. The van der Waals surface area contributed by atoms with Crippen LogP contribution in [0.2, 0.25) is 10.2 Å². The zero-order chi connectivity index (χ0) is 22.5. The van der Waals surface area contributed by atoms with Crippen molar-refractivity contribution in [2.45, 2.75) is 27.3 Å². The SMILES string of the molecule is Cc1nn(CC(C)C)c(Cl)c1/C=C/C(=O)Nc1ccc(Cl)cc1NC(=O)c1ccco1. The van der Waals surface area contributed by atoms with Crippen LogP contribution in [0.5, 0.6) is 0 Å². The van der Waals surface area contributed by atoms with E-state index in [0.29, 0.717) is 39.6 Å². The average molecular weight is 461 g/mol. The third kappa shape index (κ3) is 5.77. The highest BCUT2D eigenvalue weighted by Gasteiger charge is 2.14. The van der Waals surface area contributed by atoms with Gasteiger partial charge in [0, 0.05) is 23.2 Å². The molecule has 0 fully saturated rings. The first-order chi connectivity index (χ1) is 14.7. The van der Waals surface area contributed by atoms with E-state index in [1.165, 1.54) is 18.4 Å². The summed E-state index contributed by atoms with van der Waals surface area (Å²) in [6.45, 7) is 6.67. The number of aryl methyl sites for hydroxylation is 1. The maximum Gasteiger partial charge on any atom is 0.291 e. The molecule has 1 aromatic carbocycles. The molecule has 0 aliphatic heterocycles. The molecule has 3 rings (SSSR count). The van der Waals surface area contributed by atoms with Gasteiger partial charge in [0.05, 0.1) is 23.3 Å². The minimum Gasteiger partial charge on any atom is -0.459 e. The first-order valence-electron chi connectivity index (χ1n) is 9.61. The molecule has 31 heavy (non-hydrogen) atoms. The Hall–Kier alpha value is -3.03. The van der Waals surface area contributed by atoms with Gasteiger partial charge in [-0.1, -0.05) is 37.0 Å². The molecule has 3 aromatic rings. The molecule has 0 atom stereocenters. The lowest BCUT2D eigenvalue weighted by atomic mass is 10.2. The van der Waals surface area contributed by atoms with Crippen LogP contribution in [0, 0.1) is 12.8 Å². The molecular weight excluding hydrogens is 439 g/mol. The standard InChI is InChI=1S/C22H22Cl2N4O3/c1-13(2)12-28-21(24)16(14(3)27-28)7-9-20(29)25-17-8-6-15(23)11-18(17)26-22(30)19-5-4-10-31-19/h4-11,13H,12H2,1-3H3,(H,25,29)(H,26,30)/b9-7+. The number of carbonyl (C=O) groups is 2. The zero-order valence-corrected chi connectivity index (χ0v) is 18.8. The number of hydrogen-bond acceptors (Lipinski definition) is 4. The first kappa shape index (κ1) is 22.7. The van der Waals surface area contributed by atoms with Crippen LogP contribution in [-0.4, -0.2) is 21.6 Å². The summed E-state index contributed by atoms with van der Waals surface area (Å²) in [4.78, 5) is 24.8. The van der Waals surface area contributed by atoms with E-state index in [0.717, 1.165) is 5.69 Å². The number of nitrogens with one attached hydrogen (secondary N) is 2. The molecule has 2 aromatic heterocycles. The number of halogens is 2. The fourth-order valence-electron chi connectivity index (χ4n) is 2.88. The van der Waals surface area contributed by atoms with Gasteiger partial charge < -0.3 is 15.1 Å². The van der Waals surface area contributed by atoms with E-state index >= 15 is 0 Å². The molecule has 2 amide bonds. The monoisotopic (exact) mass is 460 g/mol. The van der Waals surface area contributed by atoms with Crippen LogP contribution in [0.3, 0.4) is 0 Å². The fourth-order valence-corrected chi connectivity index (χ4v) is 3.36. The molecule has 0 saturated heterocycles. The Morgan fingerprint density at radius 2 is 1.97 bits per heavy atom. The summed E-state index contributed by atoms with van der Waals surface area (Å²) in [5.74, 6) is -0.335. The Kier molecular flexibility index (Phi) is 7.20. The Morgan fingerprint density at radius 3 is 2.65 bits per heavy atom.